The molecule has 0 aromatic carbocycles. The first-order valence-electron chi connectivity index (χ1n) is 6.59. The van der Waals surface area contributed by atoms with E-state index < -0.39 is 75.1 Å². The predicted molar refractivity (Wildman–Crippen MR) is 96.0 cm³/mol. The zero-order valence-electron chi connectivity index (χ0n) is 14.8. The van der Waals surface area contributed by atoms with Crippen LogP contribution in [0.25, 0.3) is 0 Å². The Balaban J connectivity index is -0.000000120. The number of nitrogens with zero attached hydrogens (tertiary/aromatic N) is 2. The van der Waals surface area contributed by atoms with Crippen molar-refractivity contribution < 1.29 is 59.4 Å². The molecule has 0 bridgehead atoms. The number of carboxylic acid groups (broad SMARTS) is 6. The van der Waals surface area contributed by atoms with E-state index in [1.807, 2.05) is 0 Å². The quantitative estimate of drug-likeness (QED) is 0.102. The molecule has 6 N–H and O–H groups in total. The molecule has 0 rings (SSSR count). The molecule has 29 heavy (non-hydrogen) atoms. The summed E-state index contributed by atoms with van der Waals surface area (Å²) in [6.45, 7) is -3.59. The van der Waals surface area contributed by atoms with Crippen molar-refractivity contribution in [1.29, 1.82) is 0 Å². The summed E-state index contributed by atoms with van der Waals surface area (Å²) in [5.41, 5.74) is 0. The molecule has 0 saturated carbocycles. The largest absolute Gasteiger partial charge is 0.480 e. The first-order valence-corrected chi connectivity index (χ1v) is 6.59. The molecule has 0 aliphatic heterocycles. The summed E-state index contributed by atoms with van der Waals surface area (Å²) in [5.74, 6) is -7.57. The topological polar surface area (TPSA) is 230 Å². The Hall–Kier alpha value is -0.494. The van der Waals surface area contributed by atoms with Gasteiger partial charge in [-0.3, -0.25) is 38.6 Å². The molecule has 0 aliphatic carbocycles. The van der Waals surface area contributed by atoms with Crippen molar-refractivity contribution in [3.8, 4) is 0 Å². The van der Waals surface area contributed by atoms with Gasteiger partial charge in [0.05, 0.1) is 39.3 Å². The molecule has 160 valence electrons. The van der Waals surface area contributed by atoms with Crippen molar-refractivity contribution in [2.45, 2.75) is 0 Å². The Morgan fingerprint density at radius 2 is 0.483 bits per heavy atom. The Labute approximate surface area is 224 Å². The SMILES string of the molecule is O=C(O)CN(CC(=O)O)CC(=O)O.O=C(O)CN(CC(=O)O)CC(=O)O.[Pb].[Pb].[Pb]. The van der Waals surface area contributed by atoms with Crippen LogP contribution in [0.4, 0.5) is 0 Å². The van der Waals surface area contributed by atoms with Crippen molar-refractivity contribution >= 4 is 118 Å². The first-order chi connectivity index (χ1) is 11.8. The van der Waals surface area contributed by atoms with E-state index >= 15 is 0 Å². The summed E-state index contributed by atoms with van der Waals surface area (Å²) in [4.78, 5) is 62.5. The molecule has 0 atom stereocenters. The Morgan fingerprint density at radius 1 is 0.379 bits per heavy atom. The minimum atomic E-state index is -1.26. The fourth-order valence-corrected chi connectivity index (χ4v) is 1.48. The van der Waals surface area contributed by atoms with E-state index in [1.165, 1.54) is 0 Å². The molecule has 0 aromatic heterocycles. The number of hydrogen-bond donors (Lipinski definition) is 6. The van der Waals surface area contributed by atoms with Crippen LogP contribution in [0.15, 0.2) is 0 Å². The van der Waals surface area contributed by atoms with Crippen LogP contribution in [0.3, 0.4) is 0 Å². The van der Waals surface area contributed by atoms with Crippen molar-refractivity contribution in [2.24, 2.45) is 0 Å². The third-order valence-electron chi connectivity index (χ3n) is 2.15. The Morgan fingerprint density at radius 3 is 0.552 bits per heavy atom. The van der Waals surface area contributed by atoms with Crippen LogP contribution in [-0.2, 0) is 28.8 Å². The van der Waals surface area contributed by atoms with Crippen molar-refractivity contribution in [3.05, 3.63) is 0 Å². The van der Waals surface area contributed by atoms with Gasteiger partial charge in [0, 0.05) is 81.9 Å². The number of hydrogen-bond acceptors (Lipinski definition) is 8. The van der Waals surface area contributed by atoms with E-state index in [2.05, 4.69) is 0 Å². The first kappa shape index (κ1) is 39.0. The molecule has 0 spiro atoms. The summed E-state index contributed by atoms with van der Waals surface area (Å²) < 4.78 is 0. The summed E-state index contributed by atoms with van der Waals surface area (Å²) in [6.07, 6.45) is 0. The van der Waals surface area contributed by atoms with Crippen LogP contribution in [0.5, 0.6) is 0 Å². The molecule has 0 aliphatic rings. The molecule has 0 fully saturated rings. The summed E-state index contributed by atoms with van der Waals surface area (Å²) in [5, 5.41) is 49.7. The monoisotopic (exact) mass is 1010 g/mol. The van der Waals surface area contributed by atoms with E-state index in [9.17, 15) is 28.8 Å². The maximum Gasteiger partial charge on any atom is 0.317 e. The van der Waals surface area contributed by atoms with Gasteiger partial charge in [-0.1, -0.05) is 0 Å². The Bertz CT molecular complexity index is 436. The van der Waals surface area contributed by atoms with Gasteiger partial charge in [-0.2, -0.15) is 0 Å². The van der Waals surface area contributed by atoms with Crippen LogP contribution in [0, 0.1) is 0 Å². The smallest absolute Gasteiger partial charge is 0.317 e. The van der Waals surface area contributed by atoms with E-state index in [-0.39, 0.29) is 81.9 Å². The van der Waals surface area contributed by atoms with Crippen molar-refractivity contribution in [2.75, 3.05) is 39.3 Å². The second-order valence-electron chi connectivity index (χ2n) is 4.65. The zero-order valence-corrected chi connectivity index (χ0v) is 26.4. The fourth-order valence-electron chi connectivity index (χ4n) is 1.48. The van der Waals surface area contributed by atoms with Gasteiger partial charge in [0.2, 0.25) is 0 Å². The van der Waals surface area contributed by atoms with Gasteiger partial charge in [-0.25, -0.2) is 0 Å². The molecule has 0 saturated heterocycles. The minimum Gasteiger partial charge on any atom is -0.480 e. The normalized spacial score (nSPS) is 8.90. The molecule has 0 heterocycles. The maximum atomic E-state index is 10.1. The molecule has 0 aromatic rings. The molecule has 12 radical (unpaired) electrons. The van der Waals surface area contributed by atoms with Crippen LogP contribution in [0.2, 0.25) is 0 Å². The van der Waals surface area contributed by atoms with Gasteiger partial charge in [-0.15, -0.1) is 0 Å². The van der Waals surface area contributed by atoms with E-state index in [0.29, 0.717) is 0 Å². The standard InChI is InChI=1S/2C6H9NO6.3Pb/c2*8-4(9)1-7(2-5(10)11)3-6(12)13;;;/h2*1-3H2,(H,8,9)(H,10,11)(H,12,13);;;. The second-order valence-corrected chi connectivity index (χ2v) is 4.65. The Kier molecular flexibility index (Phi) is 29.9. The van der Waals surface area contributed by atoms with Gasteiger partial charge in [0.1, 0.15) is 0 Å². The minimum absolute atomic E-state index is 0. The van der Waals surface area contributed by atoms with Crippen LogP contribution >= 0.6 is 0 Å². The molecule has 14 nitrogen and oxygen atoms in total. The van der Waals surface area contributed by atoms with Gasteiger partial charge in [0.25, 0.3) is 0 Å². The van der Waals surface area contributed by atoms with Gasteiger partial charge < -0.3 is 30.6 Å². The van der Waals surface area contributed by atoms with E-state index in [4.69, 9.17) is 30.6 Å². The summed E-state index contributed by atoms with van der Waals surface area (Å²) in [7, 11) is 0. The number of aliphatic carboxylic acids is 6. The predicted octanol–water partition coefficient (Wildman–Crippen LogP) is -4.06. The second kappa shape index (κ2) is 22.2. The van der Waals surface area contributed by atoms with Crippen molar-refractivity contribution in [1.82, 2.24) is 9.80 Å². The number of rotatable bonds is 12. The average Bonchev–Trinajstić information content (AvgIpc) is 2.33. The average molecular weight is 1000 g/mol. The number of carboxylic acids is 6. The van der Waals surface area contributed by atoms with Crippen LogP contribution < -0.4 is 0 Å². The maximum absolute atomic E-state index is 10.1. The molecular weight excluding hydrogens is 986 g/mol. The van der Waals surface area contributed by atoms with Crippen LogP contribution in [-0.4, -0.2) is 197 Å². The number of carbonyl (C=O) groups is 6. The van der Waals surface area contributed by atoms with Gasteiger partial charge >= 0.3 is 35.8 Å². The molecule has 17 heteroatoms. The zero-order chi connectivity index (χ0) is 20.9. The van der Waals surface area contributed by atoms with E-state index in [1.54, 1.807) is 0 Å². The van der Waals surface area contributed by atoms with Gasteiger partial charge in [0.15, 0.2) is 0 Å². The summed E-state index contributed by atoms with van der Waals surface area (Å²) >= 11 is 0. The molecule has 0 amide bonds. The molecular formula is C12H18N2O12Pb3. The molecule has 0 unspecified atom stereocenters. The fraction of sp³-hybridized carbons (Fsp3) is 0.500. The summed E-state index contributed by atoms with van der Waals surface area (Å²) in [6, 6.07) is 0. The third kappa shape index (κ3) is 32.4. The van der Waals surface area contributed by atoms with Crippen molar-refractivity contribution in [3.63, 3.8) is 0 Å². The van der Waals surface area contributed by atoms with Crippen LogP contribution in [0.1, 0.15) is 0 Å². The third-order valence-corrected chi connectivity index (χ3v) is 2.15. The van der Waals surface area contributed by atoms with Gasteiger partial charge in [-0.05, 0) is 0 Å². The van der Waals surface area contributed by atoms with E-state index in [0.717, 1.165) is 9.80 Å².